The average molecular weight is 559 g/mol. The van der Waals surface area contributed by atoms with E-state index in [0.717, 1.165) is 21.1 Å². The summed E-state index contributed by atoms with van der Waals surface area (Å²) in [5, 5.41) is 0. The molecule has 0 spiro atoms. The highest BCUT2D eigenvalue weighted by molar-refractivity contribution is 7.22. The summed E-state index contributed by atoms with van der Waals surface area (Å²) < 4.78 is 28.7. The Kier molecular flexibility index (Phi) is 6.75. The molecule has 9 heteroatoms. The molecule has 0 atom stereocenters. The van der Waals surface area contributed by atoms with Gasteiger partial charge in [-0.25, -0.2) is 8.78 Å². The second-order valence-corrected chi connectivity index (χ2v) is 13.9. The van der Waals surface area contributed by atoms with Crippen LogP contribution in [0.15, 0.2) is 35.4 Å². The molecule has 0 saturated carbocycles. The van der Waals surface area contributed by atoms with E-state index in [-0.39, 0.29) is 28.5 Å². The second kappa shape index (κ2) is 9.60. The van der Waals surface area contributed by atoms with Crippen molar-refractivity contribution in [3.8, 4) is 9.75 Å². The van der Waals surface area contributed by atoms with Gasteiger partial charge in [0.05, 0.1) is 37.2 Å². The monoisotopic (exact) mass is 558 g/mol. The summed E-state index contributed by atoms with van der Waals surface area (Å²) in [6.45, 7) is 12.7. The molecule has 0 N–H and O–H groups in total. The molecule has 0 bridgehead atoms. The molecule has 2 aliphatic rings. The maximum atomic E-state index is 14.6. The van der Waals surface area contributed by atoms with Gasteiger partial charge >= 0.3 is 0 Å². The number of rotatable bonds is 7. The molecule has 0 fully saturated rings. The summed E-state index contributed by atoms with van der Waals surface area (Å²) in [5.41, 5.74) is 2.11. The van der Waals surface area contributed by atoms with Gasteiger partial charge in [0.25, 0.3) is 11.8 Å². The zero-order valence-corrected chi connectivity index (χ0v) is 24.0. The quantitative estimate of drug-likeness (QED) is 0.300. The van der Waals surface area contributed by atoms with Gasteiger partial charge < -0.3 is 9.80 Å². The number of halogens is 2. The predicted molar refractivity (Wildman–Crippen MR) is 148 cm³/mol. The molecule has 0 aliphatic carbocycles. The number of fused-ring (bicyclic) bond motifs is 1. The lowest BCUT2D eigenvalue weighted by molar-refractivity contribution is -0.124. The molecular formula is C28H28F2N2O2S3. The van der Waals surface area contributed by atoms with E-state index < -0.39 is 11.6 Å². The summed E-state index contributed by atoms with van der Waals surface area (Å²) in [6.07, 6.45) is 0. The third-order valence-corrected chi connectivity index (χ3v) is 9.60. The van der Waals surface area contributed by atoms with Crippen molar-refractivity contribution in [2.24, 2.45) is 11.8 Å². The van der Waals surface area contributed by atoms with Crippen LogP contribution in [0.1, 0.15) is 47.2 Å². The fraction of sp³-hybridized carbons (Fsp3) is 0.357. The van der Waals surface area contributed by atoms with Crippen LogP contribution in [-0.2, 0) is 9.59 Å². The molecular weight excluding hydrogens is 531 g/mol. The maximum Gasteiger partial charge on any atom is 0.261 e. The summed E-state index contributed by atoms with van der Waals surface area (Å²) in [5.74, 6) is -1.67. The van der Waals surface area contributed by atoms with E-state index in [4.69, 9.17) is 0 Å². The normalized spacial score (nSPS) is 16.1. The molecule has 0 saturated heterocycles. The molecule has 3 aromatic heterocycles. The van der Waals surface area contributed by atoms with Crippen LogP contribution in [0.3, 0.4) is 0 Å². The maximum absolute atomic E-state index is 14.6. The standard InChI is InChI=1S/C28H28F2N2O2S3/c1-13(2)11-31-24(17-8-7-15(5)35-17)20-21(28(31)34)25(32(27(20)33)12-14(3)4)18-9-10-19(37-18)26-23(30)22(29)16(6)36-26/h7-10,13-14H,11-12H2,1-6H3. The number of amides is 2. The van der Waals surface area contributed by atoms with E-state index in [1.165, 1.54) is 11.3 Å². The van der Waals surface area contributed by atoms with Gasteiger partial charge in [-0.15, -0.1) is 34.0 Å². The molecule has 0 radical (unpaired) electrons. The number of hydrogen-bond acceptors (Lipinski definition) is 5. The van der Waals surface area contributed by atoms with Crippen molar-refractivity contribution in [2.75, 3.05) is 13.1 Å². The Hall–Kier alpha value is -2.62. The summed E-state index contributed by atoms with van der Waals surface area (Å²) in [4.78, 5) is 35.2. The minimum absolute atomic E-state index is 0.166. The molecule has 5 rings (SSSR count). The number of hydrogen-bond donors (Lipinski definition) is 0. The van der Waals surface area contributed by atoms with Crippen molar-refractivity contribution in [1.82, 2.24) is 9.80 Å². The molecule has 2 aliphatic heterocycles. The van der Waals surface area contributed by atoms with Gasteiger partial charge in [0, 0.05) is 27.7 Å². The summed E-state index contributed by atoms with van der Waals surface area (Å²) >= 11 is 3.92. The summed E-state index contributed by atoms with van der Waals surface area (Å²) in [7, 11) is 0. The van der Waals surface area contributed by atoms with Crippen LogP contribution in [0.5, 0.6) is 0 Å². The molecule has 2 amide bonds. The van der Waals surface area contributed by atoms with Gasteiger partial charge in [-0.1, -0.05) is 27.7 Å². The van der Waals surface area contributed by atoms with Gasteiger partial charge in [0.15, 0.2) is 11.6 Å². The average Bonchev–Trinajstić information content (AvgIpc) is 3.62. The Bertz CT molecular complexity index is 1490. The molecule has 3 aromatic rings. The van der Waals surface area contributed by atoms with E-state index in [1.807, 2.05) is 52.8 Å². The van der Waals surface area contributed by atoms with Gasteiger partial charge in [-0.2, -0.15) is 0 Å². The lowest BCUT2D eigenvalue weighted by Gasteiger charge is -2.26. The predicted octanol–water partition coefficient (Wildman–Crippen LogP) is 7.55. The second-order valence-electron chi connectivity index (χ2n) is 10.3. The SMILES string of the molecule is Cc1ccc(C2=C3C(=O)N(CC(C)C)C(c4ccc(-c5sc(C)c(F)c5F)s4)=C3C(=O)N2CC(C)C)s1. The van der Waals surface area contributed by atoms with Gasteiger partial charge in [-0.3, -0.25) is 9.59 Å². The third kappa shape index (κ3) is 4.30. The van der Waals surface area contributed by atoms with Gasteiger partial charge in [0.2, 0.25) is 0 Å². The molecule has 194 valence electrons. The van der Waals surface area contributed by atoms with Gasteiger partial charge in [-0.05, 0) is 49.9 Å². The van der Waals surface area contributed by atoms with Crippen molar-refractivity contribution in [2.45, 2.75) is 41.5 Å². The zero-order chi connectivity index (χ0) is 26.8. The first-order valence-electron chi connectivity index (χ1n) is 12.2. The first kappa shape index (κ1) is 26.0. The Morgan fingerprint density at radius 2 is 1.19 bits per heavy atom. The van der Waals surface area contributed by atoms with Crippen LogP contribution in [0.25, 0.3) is 21.1 Å². The fourth-order valence-electron chi connectivity index (χ4n) is 4.79. The molecule has 4 nitrogen and oxygen atoms in total. The minimum atomic E-state index is -0.855. The van der Waals surface area contributed by atoms with E-state index in [9.17, 15) is 18.4 Å². The fourth-order valence-corrected chi connectivity index (χ4v) is 7.80. The van der Waals surface area contributed by atoms with Crippen LogP contribution >= 0.6 is 34.0 Å². The van der Waals surface area contributed by atoms with E-state index >= 15 is 0 Å². The van der Waals surface area contributed by atoms with Crippen molar-refractivity contribution in [3.63, 3.8) is 0 Å². The highest BCUT2D eigenvalue weighted by Crippen LogP contribution is 2.50. The van der Waals surface area contributed by atoms with Crippen LogP contribution in [0, 0.1) is 37.3 Å². The third-order valence-electron chi connectivity index (χ3n) is 6.27. The van der Waals surface area contributed by atoms with Gasteiger partial charge in [0.1, 0.15) is 0 Å². The molecule has 5 heterocycles. The van der Waals surface area contributed by atoms with Crippen LogP contribution < -0.4 is 0 Å². The highest BCUT2D eigenvalue weighted by atomic mass is 32.1. The smallest absolute Gasteiger partial charge is 0.261 e. The van der Waals surface area contributed by atoms with E-state index in [1.54, 1.807) is 34.1 Å². The Labute approximate surface area is 227 Å². The zero-order valence-electron chi connectivity index (χ0n) is 21.6. The number of carbonyl (C=O) groups excluding carboxylic acids is 2. The van der Waals surface area contributed by atoms with Crippen molar-refractivity contribution in [1.29, 1.82) is 0 Å². The minimum Gasteiger partial charge on any atom is -0.306 e. The molecule has 0 unspecified atom stereocenters. The Morgan fingerprint density at radius 3 is 1.62 bits per heavy atom. The largest absolute Gasteiger partial charge is 0.306 e. The summed E-state index contributed by atoms with van der Waals surface area (Å²) in [6, 6.07) is 7.53. The van der Waals surface area contributed by atoms with Crippen LogP contribution in [0.4, 0.5) is 8.78 Å². The lowest BCUT2D eigenvalue weighted by Crippen LogP contribution is -2.33. The van der Waals surface area contributed by atoms with Crippen LogP contribution in [-0.4, -0.2) is 34.7 Å². The molecule has 37 heavy (non-hydrogen) atoms. The molecule has 0 aromatic carbocycles. The topological polar surface area (TPSA) is 40.6 Å². The van der Waals surface area contributed by atoms with Crippen molar-refractivity contribution in [3.05, 3.63) is 66.6 Å². The lowest BCUT2D eigenvalue weighted by atomic mass is 10.1. The van der Waals surface area contributed by atoms with Crippen LogP contribution in [0.2, 0.25) is 0 Å². The number of thiophene rings is 3. The first-order valence-corrected chi connectivity index (χ1v) is 14.7. The number of aryl methyl sites for hydroxylation is 2. The van der Waals surface area contributed by atoms with Crippen molar-refractivity contribution >= 4 is 57.2 Å². The van der Waals surface area contributed by atoms with E-state index in [0.29, 0.717) is 50.3 Å². The Morgan fingerprint density at radius 1 is 0.703 bits per heavy atom. The number of carbonyl (C=O) groups is 2. The highest BCUT2D eigenvalue weighted by Gasteiger charge is 2.49. The first-order chi connectivity index (χ1) is 17.5. The number of nitrogens with zero attached hydrogens (tertiary/aromatic N) is 2. The van der Waals surface area contributed by atoms with Crippen molar-refractivity contribution < 1.29 is 18.4 Å². The Balaban J connectivity index is 1.72. The van der Waals surface area contributed by atoms with E-state index in [2.05, 4.69) is 0 Å².